The predicted octanol–water partition coefficient (Wildman–Crippen LogP) is 6.57. The molecule has 168 valence electrons. The molecule has 0 radical (unpaired) electrons. The van der Waals surface area contributed by atoms with Crippen molar-refractivity contribution in [1.82, 2.24) is 19.5 Å². The number of aromatic nitrogens is 4. The highest BCUT2D eigenvalue weighted by Crippen LogP contribution is 2.22. The largest absolute Gasteiger partial charge is 0.371 e. The van der Waals surface area contributed by atoms with Crippen LogP contribution in [-0.2, 0) is 11.3 Å². The van der Waals surface area contributed by atoms with E-state index in [1.54, 1.807) is 6.92 Å². The standard InChI is InChI=1S/C23H38ClN5O/c1-19(30)16-14-12-10-8-6-4-3-5-7-9-11-13-15-17-29-18-26-22-20(29)21(25-2)27-23(24)28-22/h18H,3-17H2,1-2H3,(H,25,27,28). The Hall–Kier alpha value is -1.69. The lowest BCUT2D eigenvalue weighted by atomic mass is 10.0. The molecule has 0 atom stereocenters. The minimum Gasteiger partial charge on any atom is -0.371 e. The number of aryl methyl sites for hydroxylation is 1. The zero-order valence-corrected chi connectivity index (χ0v) is 19.5. The lowest BCUT2D eigenvalue weighted by Crippen LogP contribution is -2.02. The zero-order chi connectivity index (χ0) is 21.6. The van der Waals surface area contributed by atoms with Gasteiger partial charge >= 0.3 is 0 Å². The molecule has 2 aromatic rings. The van der Waals surface area contributed by atoms with Crippen LogP contribution in [0.5, 0.6) is 0 Å². The fourth-order valence-corrected chi connectivity index (χ4v) is 4.06. The van der Waals surface area contributed by atoms with Crippen molar-refractivity contribution in [1.29, 1.82) is 0 Å². The highest BCUT2D eigenvalue weighted by Gasteiger charge is 2.11. The van der Waals surface area contributed by atoms with E-state index >= 15 is 0 Å². The molecule has 0 fully saturated rings. The molecular weight excluding hydrogens is 398 g/mol. The maximum absolute atomic E-state index is 10.9. The molecule has 0 aliphatic carbocycles. The van der Waals surface area contributed by atoms with Gasteiger partial charge in [-0.3, -0.25) is 0 Å². The van der Waals surface area contributed by atoms with Crippen molar-refractivity contribution in [2.24, 2.45) is 0 Å². The Morgan fingerprint density at radius 3 is 1.97 bits per heavy atom. The quantitative estimate of drug-likeness (QED) is 0.224. The smallest absolute Gasteiger partial charge is 0.226 e. The molecule has 0 aliphatic rings. The highest BCUT2D eigenvalue weighted by molar-refractivity contribution is 6.28. The molecule has 0 bridgehead atoms. The van der Waals surface area contributed by atoms with Gasteiger partial charge in [0.1, 0.15) is 11.3 Å². The monoisotopic (exact) mass is 435 g/mol. The lowest BCUT2D eigenvalue weighted by molar-refractivity contribution is -0.117. The first kappa shape index (κ1) is 24.6. The van der Waals surface area contributed by atoms with Crippen LogP contribution in [0.1, 0.15) is 96.8 Å². The molecule has 30 heavy (non-hydrogen) atoms. The van der Waals surface area contributed by atoms with E-state index in [1.165, 1.54) is 70.6 Å². The molecule has 0 amide bonds. The Morgan fingerprint density at radius 1 is 0.900 bits per heavy atom. The topological polar surface area (TPSA) is 72.7 Å². The first-order valence-corrected chi connectivity index (χ1v) is 12.0. The maximum atomic E-state index is 10.9. The Balaban J connectivity index is 1.46. The number of imidazole rings is 1. The Labute approximate surface area is 186 Å². The van der Waals surface area contributed by atoms with Crippen molar-refractivity contribution in [3.05, 3.63) is 11.6 Å². The number of carbonyl (C=O) groups is 1. The van der Waals surface area contributed by atoms with Crippen LogP contribution >= 0.6 is 11.6 Å². The van der Waals surface area contributed by atoms with E-state index in [9.17, 15) is 4.79 Å². The van der Waals surface area contributed by atoms with Crippen molar-refractivity contribution in [3.63, 3.8) is 0 Å². The van der Waals surface area contributed by atoms with Gasteiger partial charge in [-0.05, 0) is 31.4 Å². The van der Waals surface area contributed by atoms with Gasteiger partial charge in [0, 0.05) is 20.0 Å². The Kier molecular flexibility index (Phi) is 11.7. The fraction of sp³-hybridized carbons (Fsp3) is 0.739. The fourth-order valence-electron chi connectivity index (χ4n) is 3.90. The van der Waals surface area contributed by atoms with Crippen LogP contribution in [-0.4, -0.2) is 32.3 Å². The number of hydrogen-bond acceptors (Lipinski definition) is 5. The van der Waals surface area contributed by atoms with Crippen LogP contribution in [0.2, 0.25) is 5.28 Å². The summed E-state index contributed by atoms with van der Waals surface area (Å²) in [5.74, 6) is 1.06. The Morgan fingerprint density at radius 2 is 1.43 bits per heavy atom. The molecule has 2 heterocycles. The van der Waals surface area contributed by atoms with Crippen LogP contribution in [0.3, 0.4) is 0 Å². The molecule has 0 saturated heterocycles. The van der Waals surface area contributed by atoms with E-state index in [0.29, 0.717) is 11.4 Å². The first-order valence-electron chi connectivity index (χ1n) is 11.7. The number of ketones is 1. The number of anilines is 1. The molecule has 0 aromatic carbocycles. The SMILES string of the molecule is CNc1nc(Cl)nc2ncn(CCCCCCCCCCCCCCCC(C)=O)c12. The molecule has 0 spiro atoms. The van der Waals surface area contributed by atoms with Gasteiger partial charge in [-0.2, -0.15) is 9.97 Å². The average molecular weight is 436 g/mol. The number of unbranched alkanes of at least 4 members (excludes halogenated alkanes) is 12. The van der Waals surface area contributed by atoms with E-state index in [2.05, 4.69) is 24.8 Å². The number of halogens is 1. The van der Waals surface area contributed by atoms with Gasteiger partial charge in [0.2, 0.25) is 5.28 Å². The summed E-state index contributed by atoms with van der Waals surface area (Å²) in [6, 6.07) is 0. The van der Waals surface area contributed by atoms with Gasteiger partial charge in [0.15, 0.2) is 11.5 Å². The van der Waals surface area contributed by atoms with Crippen molar-refractivity contribution < 1.29 is 4.79 Å². The molecule has 1 N–H and O–H groups in total. The minimum atomic E-state index is 0.224. The van der Waals surface area contributed by atoms with E-state index in [-0.39, 0.29) is 5.28 Å². The molecule has 2 rings (SSSR count). The van der Waals surface area contributed by atoms with Crippen LogP contribution in [0.25, 0.3) is 11.2 Å². The summed E-state index contributed by atoms with van der Waals surface area (Å²) in [4.78, 5) is 23.7. The third-order valence-electron chi connectivity index (χ3n) is 5.61. The van der Waals surface area contributed by atoms with Gasteiger partial charge in [0.05, 0.1) is 6.33 Å². The number of nitrogens with zero attached hydrogens (tertiary/aromatic N) is 4. The van der Waals surface area contributed by atoms with Crippen LogP contribution in [0.15, 0.2) is 6.33 Å². The summed E-state index contributed by atoms with van der Waals surface area (Å²) < 4.78 is 2.12. The van der Waals surface area contributed by atoms with Crippen molar-refractivity contribution in [3.8, 4) is 0 Å². The summed E-state index contributed by atoms with van der Waals surface area (Å²) in [5.41, 5.74) is 1.58. The molecule has 0 aliphatic heterocycles. The van der Waals surface area contributed by atoms with Crippen molar-refractivity contribution >= 4 is 34.4 Å². The maximum Gasteiger partial charge on any atom is 0.226 e. The number of carbonyl (C=O) groups excluding carboxylic acids is 1. The normalized spacial score (nSPS) is 11.3. The van der Waals surface area contributed by atoms with Gasteiger partial charge < -0.3 is 14.7 Å². The molecule has 6 nitrogen and oxygen atoms in total. The van der Waals surface area contributed by atoms with E-state index < -0.39 is 0 Å². The van der Waals surface area contributed by atoms with Gasteiger partial charge in [-0.1, -0.05) is 70.6 Å². The second-order valence-electron chi connectivity index (χ2n) is 8.25. The Bertz CT molecular complexity index is 761. The third kappa shape index (κ3) is 8.99. The summed E-state index contributed by atoms with van der Waals surface area (Å²) >= 11 is 5.94. The van der Waals surface area contributed by atoms with Crippen molar-refractivity contribution in [2.75, 3.05) is 12.4 Å². The molecule has 0 saturated carbocycles. The third-order valence-corrected chi connectivity index (χ3v) is 5.78. The zero-order valence-electron chi connectivity index (χ0n) is 18.8. The van der Waals surface area contributed by atoms with Crippen LogP contribution < -0.4 is 5.32 Å². The predicted molar refractivity (Wildman–Crippen MR) is 125 cm³/mol. The first-order chi connectivity index (χ1) is 14.6. The van der Waals surface area contributed by atoms with E-state index in [1.807, 2.05) is 13.4 Å². The number of hydrogen-bond donors (Lipinski definition) is 1. The van der Waals surface area contributed by atoms with E-state index in [0.717, 1.165) is 37.1 Å². The second-order valence-corrected chi connectivity index (χ2v) is 8.59. The minimum absolute atomic E-state index is 0.224. The van der Waals surface area contributed by atoms with E-state index in [4.69, 9.17) is 11.6 Å². The van der Waals surface area contributed by atoms with Crippen LogP contribution in [0.4, 0.5) is 5.82 Å². The highest BCUT2D eigenvalue weighted by atomic mass is 35.5. The average Bonchev–Trinajstić information content (AvgIpc) is 3.12. The summed E-state index contributed by atoms with van der Waals surface area (Å²) in [7, 11) is 1.84. The number of nitrogens with one attached hydrogen (secondary N) is 1. The second kappa shape index (κ2) is 14.3. The summed E-state index contributed by atoms with van der Waals surface area (Å²) in [5, 5.41) is 3.31. The van der Waals surface area contributed by atoms with Gasteiger partial charge in [-0.25, -0.2) is 4.98 Å². The molecular formula is C23H38ClN5O. The number of rotatable bonds is 17. The number of fused-ring (bicyclic) bond motifs is 1. The van der Waals surface area contributed by atoms with Gasteiger partial charge in [0.25, 0.3) is 0 Å². The summed E-state index contributed by atoms with van der Waals surface area (Å²) in [6.45, 7) is 2.62. The van der Waals surface area contributed by atoms with Gasteiger partial charge in [-0.15, -0.1) is 0 Å². The lowest BCUT2D eigenvalue weighted by Gasteiger charge is -2.07. The summed E-state index contributed by atoms with van der Waals surface area (Å²) in [6.07, 6.45) is 19.3. The molecule has 2 aromatic heterocycles. The van der Waals surface area contributed by atoms with Crippen molar-refractivity contribution in [2.45, 2.75) is 103 Å². The molecule has 0 unspecified atom stereocenters. The molecule has 7 heteroatoms. The van der Waals surface area contributed by atoms with Crippen LogP contribution in [0, 0.1) is 0 Å². The number of Topliss-reactive ketones (excluding diaryl/α,β-unsaturated/α-hetero) is 1.